The average Bonchev–Trinajstić information content (AvgIpc) is 2.51. The molecule has 5 nitrogen and oxygen atoms in total. The lowest BCUT2D eigenvalue weighted by molar-refractivity contribution is -0.757. The van der Waals surface area contributed by atoms with Gasteiger partial charge in [-0.2, -0.15) is 13.2 Å². The van der Waals surface area contributed by atoms with Gasteiger partial charge in [0.15, 0.2) is 0 Å². The summed E-state index contributed by atoms with van der Waals surface area (Å²) >= 11 is 0. The number of alkyl halides is 3. The van der Waals surface area contributed by atoms with Crippen LogP contribution < -0.4 is 10.6 Å². The molecule has 9 heteroatoms. The Morgan fingerprint density at radius 3 is 2.21 bits per heavy atom. The molecule has 1 atom stereocenters. The minimum Gasteiger partial charge on any atom is -0.460 e. The maximum absolute atomic E-state index is 13.6. The minimum absolute atomic E-state index is 0.235. The van der Waals surface area contributed by atoms with Gasteiger partial charge >= 0.3 is 17.8 Å². The van der Waals surface area contributed by atoms with Crippen LogP contribution in [-0.2, 0) is 20.9 Å². The van der Waals surface area contributed by atoms with Gasteiger partial charge in [0.05, 0.1) is 6.61 Å². The summed E-state index contributed by atoms with van der Waals surface area (Å²) in [4.78, 5) is 23.5. The third-order valence-corrected chi connectivity index (χ3v) is 3.26. The molecule has 0 saturated carbocycles. The summed E-state index contributed by atoms with van der Waals surface area (Å²) in [6.45, 7) is 2.13. The highest BCUT2D eigenvalue weighted by molar-refractivity contribution is 5.87. The minimum atomic E-state index is -5.09. The Bertz CT molecular complexity index is 575. The first-order valence-corrected chi connectivity index (χ1v) is 7.30. The molecule has 3 N–H and O–H groups in total. The fourth-order valence-electron chi connectivity index (χ4n) is 1.93. The van der Waals surface area contributed by atoms with Crippen LogP contribution >= 0.6 is 0 Å². The lowest BCUT2D eigenvalue weighted by atomic mass is 10.1. The van der Waals surface area contributed by atoms with Gasteiger partial charge in [-0.1, -0.05) is 19.1 Å². The molecule has 0 fully saturated rings. The number of nitrogens with two attached hydrogens (primary N) is 1. The molecule has 24 heavy (non-hydrogen) atoms. The number of esters is 1. The third kappa shape index (κ3) is 4.67. The van der Waals surface area contributed by atoms with E-state index in [9.17, 15) is 27.2 Å². The van der Waals surface area contributed by atoms with E-state index in [2.05, 4.69) is 4.74 Å². The van der Waals surface area contributed by atoms with E-state index in [-0.39, 0.29) is 19.6 Å². The number of amides is 1. The zero-order valence-electron chi connectivity index (χ0n) is 13.2. The van der Waals surface area contributed by atoms with Crippen molar-refractivity contribution in [3.8, 4) is 0 Å². The van der Waals surface area contributed by atoms with Crippen molar-refractivity contribution in [3.05, 3.63) is 35.6 Å². The van der Waals surface area contributed by atoms with Crippen molar-refractivity contribution in [3.63, 3.8) is 0 Å². The van der Waals surface area contributed by atoms with Gasteiger partial charge in [-0.15, -0.1) is 0 Å². The van der Waals surface area contributed by atoms with Crippen LogP contribution in [0.4, 0.5) is 17.6 Å². The number of carbonyl (C=O) groups is 2. The van der Waals surface area contributed by atoms with Crippen LogP contribution in [0.25, 0.3) is 0 Å². The number of carbonyl (C=O) groups excluding carboxylic acids is 2. The maximum Gasteiger partial charge on any atom is 0.478 e. The Morgan fingerprint density at radius 1 is 1.17 bits per heavy atom. The molecule has 0 aliphatic heterocycles. The molecule has 0 aliphatic carbocycles. The molecular weight excluding hydrogens is 332 g/mol. The molecule has 1 aromatic carbocycles. The van der Waals surface area contributed by atoms with E-state index >= 15 is 0 Å². The number of halogens is 4. The zero-order chi connectivity index (χ0) is 18.4. The van der Waals surface area contributed by atoms with Crippen molar-refractivity contribution in [2.24, 2.45) is 0 Å². The molecule has 1 rings (SSSR count). The largest absolute Gasteiger partial charge is 0.478 e. The summed E-state index contributed by atoms with van der Waals surface area (Å²) in [6, 6.07) is 4.76. The van der Waals surface area contributed by atoms with Crippen molar-refractivity contribution < 1.29 is 37.2 Å². The lowest BCUT2D eigenvalue weighted by Gasteiger charge is -2.31. The van der Waals surface area contributed by atoms with Crippen molar-refractivity contribution in [1.29, 1.82) is 0 Å². The first-order chi connectivity index (χ1) is 11.2. The molecule has 134 valence electrons. The van der Waals surface area contributed by atoms with E-state index in [0.717, 1.165) is 12.1 Å². The van der Waals surface area contributed by atoms with Gasteiger partial charge in [-0.05, 0) is 19.1 Å². The Morgan fingerprint density at radius 2 is 1.75 bits per heavy atom. The van der Waals surface area contributed by atoms with Gasteiger partial charge < -0.3 is 10.1 Å². The highest BCUT2D eigenvalue weighted by atomic mass is 19.4. The van der Waals surface area contributed by atoms with Gasteiger partial charge in [0.2, 0.25) is 5.91 Å². The van der Waals surface area contributed by atoms with Gasteiger partial charge in [-0.25, -0.2) is 9.18 Å². The Kier molecular flexibility index (Phi) is 6.70. The second kappa shape index (κ2) is 8.09. The van der Waals surface area contributed by atoms with E-state index in [1.165, 1.54) is 26.0 Å². The summed E-state index contributed by atoms with van der Waals surface area (Å²) in [6.07, 6.45) is -5.33. The summed E-state index contributed by atoms with van der Waals surface area (Å²) < 4.78 is 58.2. The third-order valence-electron chi connectivity index (χ3n) is 3.26. The van der Waals surface area contributed by atoms with Crippen molar-refractivity contribution >= 4 is 11.9 Å². The number of quaternary nitrogens is 1. The quantitative estimate of drug-likeness (QED) is 0.441. The van der Waals surface area contributed by atoms with E-state index in [1.807, 2.05) is 0 Å². The topological polar surface area (TPSA) is 72.0 Å². The van der Waals surface area contributed by atoms with Crippen molar-refractivity contribution in [1.82, 2.24) is 5.32 Å². The van der Waals surface area contributed by atoms with E-state index < -0.39 is 29.5 Å². The van der Waals surface area contributed by atoms with Crippen LogP contribution in [0.15, 0.2) is 24.3 Å². The van der Waals surface area contributed by atoms with E-state index in [0.29, 0.717) is 10.9 Å². The predicted molar refractivity (Wildman–Crippen MR) is 75.9 cm³/mol. The molecule has 1 amide bonds. The summed E-state index contributed by atoms with van der Waals surface area (Å²) in [7, 11) is 0. The van der Waals surface area contributed by atoms with Gasteiger partial charge in [0, 0.05) is 12.0 Å². The number of nitrogens with one attached hydrogen (secondary N) is 1. The monoisotopic (exact) mass is 351 g/mol. The van der Waals surface area contributed by atoms with Crippen LogP contribution in [0, 0.1) is 5.82 Å². The van der Waals surface area contributed by atoms with E-state index in [4.69, 9.17) is 0 Å². The first kappa shape index (κ1) is 19.9. The fraction of sp³-hybridized carbons (Fsp3) is 0.467. The second-order valence-corrected chi connectivity index (χ2v) is 4.96. The molecule has 1 aromatic rings. The van der Waals surface area contributed by atoms with Gasteiger partial charge in [0.25, 0.3) is 0 Å². The Balaban J connectivity index is 3.15. The number of ether oxygens (including phenoxy) is 1. The number of rotatable bonds is 7. The summed E-state index contributed by atoms with van der Waals surface area (Å²) in [5.74, 6) is -3.09. The van der Waals surface area contributed by atoms with Crippen molar-refractivity contribution in [2.45, 2.75) is 38.7 Å². The van der Waals surface area contributed by atoms with Crippen LogP contribution in [-0.4, -0.2) is 30.3 Å². The Labute approximate surface area is 136 Å². The average molecular weight is 351 g/mol. The van der Waals surface area contributed by atoms with E-state index in [1.54, 1.807) is 5.32 Å². The molecule has 0 radical (unpaired) electrons. The van der Waals surface area contributed by atoms with Gasteiger partial charge in [-0.3, -0.25) is 10.1 Å². The zero-order valence-corrected chi connectivity index (χ0v) is 13.2. The molecule has 0 spiro atoms. The number of benzene rings is 1. The number of hydrogen-bond donors (Lipinski definition) is 2. The first-order valence-electron chi connectivity index (χ1n) is 7.30. The van der Waals surface area contributed by atoms with Crippen LogP contribution in [0.5, 0.6) is 0 Å². The fourth-order valence-corrected chi connectivity index (χ4v) is 1.93. The van der Waals surface area contributed by atoms with Crippen molar-refractivity contribution in [2.75, 3.05) is 6.61 Å². The van der Waals surface area contributed by atoms with Gasteiger partial charge in [0.1, 0.15) is 12.4 Å². The summed E-state index contributed by atoms with van der Waals surface area (Å²) in [5, 5.41) is 2.35. The molecule has 0 unspecified atom stereocenters. The van der Waals surface area contributed by atoms with Crippen LogP contribution in [0.3, 0.4) is 0 Å². The maximum atomic E-state index is 13.6. The number of hydrogen-bond acceptors (Lipinski definition) is 3. The molecule has 0 aromatic heterocycles. The van der Waals surface area contributed by atoms with Crippen LogP contribution in [0.2, 0.25) is 0 Å². The standard InChI is InChI=1S/C15H18F4N2O3/c1-3-12(22)21-14(15(17,18)19,13(23)24-4-2)20-9-10-5-7-11(16)8-6-10/h5-8,20H,3-4,9H2,1-2H3,(H,21,22)/p+1/t14-/m1/s1. The summed E-state index contributed by atoms with van der Waals surface area (Å²) in [5.41, 5.74) is -2.91. The Hall–Kier alpha value is -2.16. The lowest BCUT2D eigenvalue weighted by Crippen LogP contribution is -3.06. The SMILES string of the molecule is CCOC(=O)[C@](NC(=O)CC)([NH2+]Cc1ccc(F)cc1)C(F)(F)F. The molecule has 0 heterocycles. The highest BCUT2D eigenvalue weighted by Crippen LogP contribution is 2.27. The smallest absolute Gasteiger partial charge is 0.460 e. The van der Waals surface area contributed by atoms with Crippen LogP contribution in [0.1, 0.15) is 25.8 Å². The second-order valence-electron chi connectivity index (χ2n) is 4.96. The highest BCUT2D eigenvalue weighted by Gasteiger charge is 2.67. The normalized spacial score (nSPS) is 13.9. The molecule has 0 bridgehead atoms. The molecular formula is C15H19F4N2O3+. The molecule has 0 aliphatic rings. The predicted octanol–water partition coefficient (Wildman–Crippen LogP) is 1.24. The molecule has 0 saturated heterocycles.